The maximum atomic E-state index is 12.0. The summed E-state index contributed by atoms with van der Waals surface area (Å²) in [7, 11) is 1.68. The van der Waals surface area contributed by atoms with Crippen molar-refractivity contribution in [1.82, 2.24) is 9.88 Å². The van der Waals surface area contributed by atoms with Crippen molar-refractivity contribution >= 4 is 22.4 Å². The SMILES string of the molecule is COCC1=CCN(C(=O)c2csc(N)n2)CC1. The third-order valence-corrected chi connectivity index (χ3v) is 3.34. The van der Waals surface area contributed by atoms with Crippen molar-refractivity contribution in [1.29, 1.82) is 0 Å². The van der Waals surface area contributed by atoms with Crippen molar-refractivity contribution in [3.05, 3.63) is 22.7 Å². The molecule has 1 aromatic heterocycles. The predicted molar refractivity (Wildman–Crippen MR) is 67.0 cm³/mol. The maximum Gasteiger partial charge on any atom is 0.273 e. The van der Waals surface area contributed by atoms with E-state index in [1.165, 1.54) is 16.9 Å². The molecule has 1 aliphatic heterocycles. The summed E-state index contributed by atoms with van der Waals surface area (Å²) in [5.41, 5.74) is 7.20. The molecule has 0 fully saturated rings. The third-order valence-electron chi connectivity index (χ3n) is 2.66. The molecule has 0 aromatic carbocycles. The molecule has 0 saturated carbocycles. The monoisotopic (exact) mass is 253 g/mol. The number of ether oxygens (including phenoxy) is 1. The Bertz CT molecular complexity index is 442. The number of nitrogens with two attached hydrogens (primary N) is 1. The topological polar surface area (TPSA) is 68.5 Å². The number of carbonyl (C=O) groups is 1. The average Bonchev–Trinajstić information content (AvgIpc) is 2.76. The maximum absolute atomic E-state index is 12.0. The zero-order valence-corrected chi connectivity index (χ0v) is 10.5. The summed E-state index contributed by atoms with van der Waals surface area (Å²) >= 11 is 1.29. The smallest absolute Gasteiger partial charge is 0.273 e. The van der Waals surface area contributed by atoms with E-state index in [1.54, 1.807) is 17.4 Å². The number of anilines is 1. The lowest BCUT2D eigenvalue weighted by atomic mass is 10.1. The van der Waals surface area contributed by atoms with Crippen molar-refractivity contribution in [3.8, 4) is 0 Å². The van der Waals surface area contributed by atoms with E-state index in [0.29, 0.717) is 30.5 Å². The summed E-state index contributed by atoms with van der Waals surface area (Å²) in [6.45, 7) is 1.98. The van der Waals surface area contributed by atoms with Gasteiger partial charge in [-0.05, 0) is 12.0 Å². The van der Waals surface area contributed by atoms with Crippen LogP contribution >= 0.6 is 11.3 Å². The van der Waals surface area contributed by atoms with Gasteiger partial charge in [-0.3, -0.25) is 4.79 Å². The fourth-order valence-electron chi connectivity index (χ4n) is 1.76. The van der Waals surface area contributed by atoms with Crippen molar-refractivity contribution in [3.63, 3.8) is 0 Å². The molecule has 5 nitrogen and oxygen atoms in total. The lowest BCUT2D eigenvalue weighted by molar-refractivity contribution is 0.0760. The lowest BCUT2D eigenvalue weighted by Crippen LogP contribution is -2.35. The van der Waals surface area contributed by atoms with Gasteiger partial charge in [0.1, 0.15) is 5.69 Å². The number of nitrogens with zero attached hydrogens (tertiary/aromatic N) is 2. The Morgan fingerprint density at radius 1 is 1.71 bits per heavy atom. The summed E-state index contributed by atoms with van der Waals surface area (Å²) in [5.74, 6) is -0.0503. The van der Waals surface area contributed by atoms with Crippen LogP contribution in [0.25, 0.3) is 0 Å². The molecule has 1 aliphatic rings. The minimum absolute atomic E-state index is 0.0503. The molecule has 0 atom stereocenters. The largest absolute Gasteiger partial charge is 0.380 e. The van der Waals surface area contributed by atoms with Crippen molar-refractivity contribution in [2.24, 2.45) is 0 Å². The van der Waals surface area contributed by atoms with Gasteiger partial charge in [0.05, 0.1) is 6.61 Å². The minimum atomic E-state index is -0.0503. The molecule has 92 valence electrons. The second-order valence-corrected chi connectivity index (χ2v) is 4.76. The van der Waals surface area contributed by atoms with E-state index in [9.17, 15) is 4.79 Å². The van der Waals surface area contributed by atoms with Crippen LogP contribution in [0.4, 0.5) is 5.13 Å². The van der Waals surface area contributed by atoms with Gasteiger partial charge in [-0.15, -0.1) is 11.3 Å². The summed E-state index contributed by atoms with van der Waals surface area (Å²) in [4.78, 5) is 17.8. The van der Waals surface area contributed by atoms with E-state index in [0.717, 1.165) is 6.42 Å². The van der Waals surface area contributed by atoms with E-state index in [2.05, 4.69) is 4.98 Å². The van der Waals surface area contributed by atoms with Gasteiger partial charge in [0.25, 0.3) is 5.91 Å². The number of rotatable bonds is 3. The van der Waals surface area contributed by atoms with Crippen LogP contribution in [0.2, 0.25) is 0 Å². The Morgan fingerprint density at radius 3 is 3.06 bits per heavy atom. The van der Waals surface area contributed by atoms with Crippen LogP contribution in [0, 0.1) is 0 Å². The van der Waals surface area contributed by atoms with Crippen LogP contribution in [0.15, 0.2) is 17.0 Å². The highest BCUT2D eigenvalue weighted by Gasteiger charge is 2.20. The van der Waals surface area contributed by atoms with E-state index in [1.807, 2.05) is 6.08 Å². The Balaban J connectivity index is 1.99. The fourth-order valence-corrected chi connectivity index (χ4v) is 2.30. The highest BCUT2D eigenvalue weighted by atomic mass is 32.1. The molecule has 0 spiro atoms. The van der Waals surface area contributed by atoms with Gasteiger partial charge in [0.15, 0.2) is 5.13 Å². The van der Waals surface area contributed by atoms with E-state index < -0.39 is 0 Å². The highest BCUT2D eigenvalue weighted by molar-refractivity contribution is 7.13. The number of amides is 1. The molecule has 2 heterocycles. The molecule has 6 heteroatoms. The lowest BCUT2D eigenvalue weighted by Gasteiger charge is -2.25. The predicted octanol–water partition coefficient (Wildman–Crippen LogP) is 1.14. The first-order valence-electron chi connectivity index (χ1n) is 5.38. The van der Waals surface area contributed by atoms with Gasteiger partial charge < -0.3 is 15.4 Å². The van der Waals surface area contributed by atoms with E-state index in [4.69, 9.17) is 10.5 Å². The standard InChI is InChI=1S/C11H15N3O2S/c1-16-6-8-2-4-14(5-3-8)10(15)9-7-17-11(12)13-9/h2,7H,3-6H2,1H3,(H2,12,13). The third kappa shape index (κ3) is 2.83. The second kappa shape index (κ2) is 5.29. The Hall–Kier alpha value is -1.40. The number of thiazole rings is 1. The summed E-state index contributed by atoms with van der Waals surface area (Å²) in [5, 5.41) is 2.13. The number of methoxy groups -OCH3 is 1. The van der Waals surface area contributed by atoms with Gasteiger partial charge >= 0.3 is 0 Å². The number of hydrogen-bond acceptors (Lipinski definition) is 5. The fraction of sp³-hybridized carbons (Fsp3) is 0.455. The van der Waals surface area contributed by atoms with Gasteiger partial charge in [0, 0.05) is 25.6 Å². The second-order valence-electron chi connectivity index (χ2n) is 3.87. The Morgan fingerprint density at radius 2 is 2.53 bits per heavy atom. The van der Waals surface area contributed by atoms with Crippen LogP contribution in [0.5, 0.6) is 0 Å². The molecule has 2 rings (SSSR count). The van der Waals surface area contributed by atoms with Crippen LogP contribution in [0.1, 0.15) is 16.9 Å². The minimum Gasteiger partial charge on any atom is -0.380 e. The Labute approximate surface area is 104 Å². The number of carbonyl (C=O) groups excluding carboxylic acids is 1. The van der Waals surface area contributed by atoms with Crippen LogP contribution < -0.4 is 5.73 Å². The van der Waals surface area contributed by atoms with Crippen molar-refractivity contribution < 1.29 is 9.53 Å². The van der Waals surface area contributed by atoms with E-state index >= 15 is 0 Å². The summed E-state index contributed by atoms with van der Waals surface area (Å²) in [6.07, 6.45) is 2.90. The normalized spacial score (nSPS) is 15.8. The van der Waals surface area contributed by atoms with Gasteiger partial charge in [-0.2, -0.15) is 0 Å². The van der Waals surface area contributed by atoms with Gasteiger partial charge in [-0.25, -0.2) is 4.98 Å². The highest BCUT2D eigenvalue weighted by Crippen LogP contribution is 2.16. The first kappa shape index (κ1) is 12.1. The van der Waals surface area contributed by atoms with Gasteiger partial charge in [-0.1, -0.05) is 6.08 Å². The number of nitrogen functional groups attached to an aromatic ring is 1. The Kier molecular flexibility index (Phi) is 3.75. The molecule has 2 N–H and O–H groups in total. The molecule has 0 bridgehead atoms. The number of aromatic nitrogens is 1. The summed E-state index contributed by atoms with van der Waals surface area (Å²) in [6, 6.07) is 0. The van der Waals surface area contributed by atoms with Crippen LogP contribution in [-0.4, -0.2) is 42.6 Å². The quantitative estimate of drug-likeness (QED) is 0.820. The molecular formula is C11H15N3O2S. The van der Waals surface area contributed by atoms with Crippen molar-refractivity contribution in [2.45, 2.75) is 6.42 Å². The molecular weight excluding hydrogens is 238 g/mol. The van der Waals surface area contributed by atoms with Crippen LogP contribution in [-0.2, 0) is 4.74 Å². The molecule has 17 heavy (non-hydrogen) atoms. The molecule has 1 amide bonds. The molecule has 0 radical (unpaired) electrons. The zero-order chi connectivity index (χ0) is 12.3. The van der Waals surface area contributed by atoms with E-state index in [-0.39, 0.29) is 5.91 Å². The number of hydrogen-bond donors (Lipinski definition) is 1. The molecule has 0 saturated heterocycles. The average molecular weight is 253 g/mol. The summed E-state index contributed by atoms with van der Waals surface area (Å²) < 4.78 is 5.07. The van der Waals surface area contributed by atoms with Crippen molar-refractivity contribution in [2.75, 3.05) is 32.5 Å². The molecule has 0 unspecified atom stereocenters. The molecule has 1 aromatic rings. The van der Waals surface area contributed by atoms with Gasteiger partial charge in [0.2, 0.25) is 0 Å². The zero-order valence-electron chi connectivity index (χ0n) is 9.68. The van der Waals surface area contributed by atoms with Crippen LogP contribution in [0.3, 0.4) is 0 Å². The first-order chi connectivity index (χ1) is 8.20. The first-order valence-corrected chi connectivity index (χ1v) is 6.26. The molecule has 0 aliphatic carbocycles.